The topological polar surface area (TPSA) is 84.0 Å². The van der Waals surface area contributed by atoms with Gasteiger partial charge in [-0.3, -0.25) is 0 Å². The predicted octanol–water partition coefficient (Wildman–Crippen LogP) is 2.27. The van der Waals surface area contributed by atoms with E-state index in [0.717, 1.165) is 30.6 Å². The fourth-order valence-corrected chi connectivity index (χ4v) is 3.60. The summed E-state index contributed by atoms with van der Waals surface area (Å²) in [4.78, 5) is 8.92. The van der Waals surface area contributed by atoms with Gasteiger partial charge in [-0.1, -0.05) is 36.8 Å². The summed E-state index contributed by atoms with van der Waals surface area (Å²) in [5.41, 5.74) is 0.975. The number of aromatic nitrogens is 2. The lowest BCUT2D eigenvalue weighted by Gasteiger charge is -2.21. The normalized spacial score (nSPS) is 20.9. The van der Waals surface area contributed by atoms with Gasteiger partial charge in [0.1, 0.15) is 5.82 Å². The highest BCUT2D eigenvalue weighted by atomic mass is 32.2. The van der Waals surface area contributed by atoms with Crippen molar-refractivity contribution in [3.05, 3.63) is 42.6 Å². The Bertz CT molecular complexity index is 780. The zero-order valence-electron chi connectivity index (χ0n) is 13.6. The molecule has 24 heavy (non-hydrogen) atoms. The first kappa shape index (κ1) is 16.9. The van der Waals surface area contributed by atoms with Crippen LogP contribution in [-0.4, -0.2) is 37.2 Å². The van der Waals surface area contributed by atoms with Crippen molar-refractivity contribution in [3.63, 3.8) is 0 Å². The van der Waals surface area contributed by atoms with Gasteiger partial charge in [0.25, 0.3) is 0 Å². The Balaban J connectivity index is 1.69. The summed E-state index contributed by atoms with van der Waals surface area (Å²) < 4.78 is 25.2. The average molecular weight is 346 g/mol. The molecule has 2 aromatic rings. The molecule has 1 aliphatic carbocycles. The molecule has 1 aromatic carbocycles. The first-order valence-electron chi connectivity index (χ1n) is 8.11. The van der Waals surface area contributed by atoms with E-state index >= 15 is 0 Å². The fraction of sp³-hybridized carbons (Fsp3) is 0.412. The molecule has 0 radical (unpaired) electrons. The van der Waals surface area contributed by atoms with E-state index in [2.05, 4.69) is 20.0 Å². The monoisotopic (exact) mass is 346 g/mol. The molecule has 0 spiro atoms. The molecule has 3 rings (SSSR count). The van der Waals surface area contributed by atoms with Gasteiger partial charge >= 0.3 is 0 Å². The summed E-state index contributed by atoms with van der Waals surface area (Å²) in [6, 6.07) is 11.9. The summed E-state index contributed by atoms with van der Waals surface area (Å²) in [6.45, 7) is 0.465. The number of hydrogen-bond acceptors (Lipinski definition) is 5. The Labute approximate surface area is 142 Å². The summed E-state index contributed by atoms with van der Waals surface area (Å²) in [5.74, 6) is 1.74. The van der Waals surface area contributed by atoms with Gasteiger partial charge in [-0.15, -0.1) is 0 Å². The molecule has 1 fully saturated rings. The zero-order chi connectivity index (χ0) is 17.0. The molecule has 0 saturated heterocycles. The Morgan fingerprint density at radius 3 is 2.71 bits per heavy atom. The number of rotatable bonds is 6. The highest BCUT2D eigenvalue weighted by Crippen LogP contribution is 2.28. The third-order valence-corrected chi connectivity index (χ3v) is 4.98. The van der Waals surface area contributed by atoms with E-state index < -0.39 is 10.0 Å². The number of nitrogens with zero attached hydrogens (tertiary/aromatic N) is 2. The Morgan fingerprint density at radius 2 is 1.96 bits per heavy atom. The molecular formula is C17H22N4O2S. The molecule has 1 heterocycles. The quantitative estimate of drug-likeness (QED) is 0.838. The van der Waals surface area contributed by atoms with Gasteiger partial charge < -0.3 is 5.32 Å². The van der Waals surface area contributed by atoms with Gasteiger partial charge in [0.2, 0.25) is 10.0 Å². The molecule has 7 heteroatoms. The van der Waals surface area contributed by atoms with Crippen molar-refractivity contribution in [1.29, 1.82) is 0 Å². The second-order valence-corrected chi connectivity index (χ2v) is 8.03. The van der Waals surface area contributed by atoms with E-state index in [1.807, 2.05) is 36.4 Å². The number of anilines is 1. The molecule has 1 aliphatic rings. The van der Waals surface area contributed by atoms with Crippen LogP contribution in [0, 0.1) is 5.92 Å². The largest absolute Gasteiger partial charge is 0.367 e. The maximum atomic E-state index is 11.3. The van der Waals surface area contributed by atoms with Gasteiger partial charge in [-0.2, -0.15) is 0 Å². The van der Waals surface area contributed by atoms with Crippen molar-refractivity contribution in [3.8, 4) is 11.4 Å². The third kappa shape index (κ3) is 4.52. The summed E-state index contributed by atoms with van der Waals surface area (Å²) >= 11 is 0. The van der Waals surface area contributed by atoms with E-state index in [4.69, 9.17) is 0 Å². The first-order chi connectivity index (χ1) is 11.5. The van der Waals surface area contributed by atoms with Gasteiger partial charge in [-0.05, 0) is 24.8 Å². The van der Waals surface area contributed by atoms with Crippen molar-refractivity contribution in [2.75, 3.05) is 18.1 Å². The minimum Gasteiger partial charge on any atom is -0.367 e. The molecule has 1 aromatic heterocycles. The van der Waals surface area contributed by atoms with Crippen LogP contribution in [0.5, 0.6) is 0 Å². The SMILES string of the molecule is CS(=O)(=O)NCC1CCCC1Nc1ccnc(-c2ccccc2)n1. The molecule has 128 valence electrons. The van der Waals surface area contributed by atoms with Crippen molar-refractivity contribution in [1.82, 2.24) is 14.7 Å². The number of nitrogens with one attached hydrogen (secondary N) is 2. The van der Waals surface area contributed by atoms with E-state index in [1.165, 1.54) is 6.26 Å². The smallest absolute Gasteiger partial charge is 0.208 e. The minimum atomic E-state index is -3.15. The molecule has 2 atom stereocenters. The number of hydrogen-bond donors (Lipinski definition) is 2. The standard InChI is InChI=1S/C17H22N4O2S/c1-24(22,23)19-12-14-8-5-9-15(14)20-16-10-11-18-17(21-16)13-6-3-2-4-7-13/h2-4,6-7,10-11,14-15,19H,5,8-9,12H2,1H3,(H,18,20,21). The molecule has 2 unspecified atom stereocenters. The second kappa shape index (κ2) is 7.27. The third-order valence-electron chi connectivity index (χ3n) is 4.29. The van der Waals surface area contributed by atoms with Crippen LogP contribution in [0.1, 0.15) is 19.3 Å². The summed E-state index contributed by atoms with van der Waals surface area (Å²) in [6.07, 6.45) is 6.05. The molecule has 0 amide bonds. The zero-order valence-corrected chi connectivity index (χ0v) is 14.5. The summed E-state index contributed by atoms with van der Waals surface area (Å²) in [5, 5.41) is 3.45. The minimum absolute atomic E-state index is 0.220. The van der Waals surface area contributed by atoms with Gasteiger partial charge in [0, 0.05) is 24.3 Å². The van der Waals surface area contributed by atoms with E-state index in [9.17, 15) is 8.42 Å². The van der Waals surface area contributed by atoms with Crippen LogP contribution in [0.2, 0.25) is 0 Å². The highest BCUT2D eigenvalue weighted by molar-refractivity contribution is 7.88. The molecule has 2 N–H and O–H groups in total. The number of sulfonamides is 1. The highest BCUT2D eigenvalue weighted by Gasteiger charge is 2.28. The van der Waals surface area contributed by atoms with Gasteiger partial charge in [0.05, 0.1) is 6.26 Å². The maximum absolute atomic E-state index is 11.3. The van der Waals surface area contributed by atoms with Crippen LogP contribution in [0.4, 0.5) is 5.82 Å². The van der Waals surface area contributed by atoms with E-state index in [-0.39, 0.29) is 12.0 Å². The van der Waals surface area contributed by atoms with E-state index in [1.54, 1.807) is 6.20 Å². The van der Waals surface area contributed by atoms with Crippen molar-refractivity contribution in [2.45, 2.75) is 25.3 Å². The van der Waals surface area contributed by atoms with Crippen LogP contribution >= 0.6 is 0 Å². The van der Waals surface area contributed by atoms with Crippen molar-refractivity contribution in [2.24, 2.45) is 5.92 Å². The number of benzene rings is 1. The van der Waals surface area contributed by atoms with E-state index in [0.29, 0.717) is 12.4 Å². The van der Waals surface area contributed by atoms with Crippen molar-refractivity contribution < 1.29 is 8.42 Å². The van der Waals surface area contributed by atoms with Crippen LogP contribution in [-0.2, 0) is 10.0 Å². The first-order valence-corrected chi connectivity index (χ1v) is 10.00. The lowest BCUT2D eigenvalue weighted by molar-refractivity contribution is 0.489. The average Bonchev–Trinajstić information content (AvgIpc) is 3.01. The molecular weight excluding hydrogens is 324 g/mol. The maximum Gasteiger partial charge on any atom is 0.208 e. The lowest BCUT2D eigenvalue weighted by Crippen LogP contribution is -2.35. The van der Waals surface area contributed by atoms with Crippen LogP contribution in [0.25, 0.3) is 11.4 Å². The van der Waals surface area contributed by atoms with Gasteiger partial charge in [-0.25, -0.2) is 23.1 Å². The predicted molar refractivity (Wildman–Crippen MR) is 95.1 cm³/mol. The molecule has 1 saturated carbocycles. The van der Waals surface area contributed by atoms with Crippen molar-refractivity contribution >= 4 is 15.8 Å². The molecule has 6 nitrogen and oxygen atoms in total. The fourth-order valence-electron chi connectivity index (χ4n) is 3.08. The van der Waals surface area contributed by atoms with Crippen LogP contribution < -0.4 is 10.0 Å². The van der Waals surface area contributed by atoms with Gasteiger partial charge in [0.15, 0.2) is 5.82 Å². The Morgan fingerprint density at radius 1 is 1.17 bits per heavy atom. The second-order valence-electron chi connectivity index (χ2n) is 6.19. The Kier molecular flexibility index (Phi) is 5.11. The Hall–Kier alpha value is -1.99. The summed E-state index contributed by atoms with van der Waals surface area (Å²) in [7, 11) is -3.15. The molecule has 0 aliphatic heterocycles. The molecule has 0 bridgehead atoms. The van der Waals surface area contributed by atoms with Crippen LogP contribution in [0.15, 0.2) is 42.6 Å². The van der Waals surface area contributed by atoms with Crippen LogP contribution in [0.3, 0.4) is 0 Å². The lowest BCUT2D eigenvalue weighted by atomic mass is 10.0.